The average Bonchev–Trinajstić information content (AvgIpc) is 3.67. The van der Waals surface area contributed by atoms with Gasteiger partial charge in [-0.15, -0.1) is 11.6 Å². The van der Waals surface area contributed by atoms with Gasteiger partial charge in [-0.25, -0.2) is 19.3 Å². The Balaban J connectivity index is 1.63. The molecule has 6 rings (SSSR count). The van der Waals surface area contributed by atoms with Gasteiger partial charge in [-0.3, -0.25) is 19.2 Å². The maximum absolute atomic E-state index is 16.1. The molecule has 14 heteroatoms. The van der Waals surface area contributed by atoms with Crippen molar-refractivity contribution < 1.29 is 22.8 Å². The predicted molar refractivity (Wildman–Crippen MR) is 160 cm³/mol. The number of hydrogen-bond acceptors (Lipinski definition) is 8. The van der Waals surface area contributed by atoms with E-state index < -0.39 is 35.9 Å². The number of benzene rings is 1. The maximum atomic E-state index is 16.1. The molecule has 44 heavy (non-hydrogen) atoms. The topological polar surface area (TPSA) is 150 Å². The second-order valence-electron chi connectivity index (χ2n) is 11.6. The first-order valence-corrected chi connectivity index (χ1v) is 14.2. The summed E-state index contributed by atoms with van der Waals surface area (Å²) in [7, 11) is 1.52. The minimum Gasteiger partial charge on any atom is -0.443 e. The highest BCUT2D eigenvalue weighted by atomic mass is 35.5. The quantitative estimate of drug-likeness (QED) is 0.317. The number of halogens is 2. The standard InChI is InChI=1S/C30H28ClFN8O4/c1-30(2,3)44-29(43)38(4)26-24-16(22(10-31)36-37-27(24)41)9-21(35-26)18-12-34-39(5)25(18)23-17(11-33)19-13-40(14-6-7-14)28(42)15(19)8-20(23)32/h8-9,12,14H,6-7,10,13H2,1-5H3,(H,37,41)/i4D3. The van der Waals surface area contributed by atoms with E-state index in [4.69, 9.17) is 20.5 Å². The van der Waals surface area contributed by atoms with E-state index in [0.717, 1.165) is 18.9 Å². The molecule has 1 aromatic carbocycles. The summed E-state index contributed by atoms with van der Waals surface area (Å²) in [5.74, 6) is -2.00. The number of fused-ring (bicyclic) bond motifs is 2. The number of anilines is 1. The Morgan fingerprint density at radius 2 is 2.07 bits per heavy atom. The number of pyridine rings is 1. The summed E-state index contributed by atoms with van der Waals surface area (Å²) in [6.07, 6.45) is 1.69. The fraction of sp³-hybridized carbons (Fsp3) is 0.367. The molecule has 226 valence electrons. The zero-order valence-electron chi connectivity index (χ0n) is 27.2. The monoisotopic (exact) mass is 621 g/mol. The molecule has 0 radical (unpaired) electrons. The van der Waals surface area contributed by atoms with E-state index in [2.05, 4.69) is 26.3 Å². The van der Waals surface area contributed by atoms with E-state index in [1.54, 1.807) is 25.7 Å². The summed E-state index contributed by atoms with van der Waals surface area (Å²) >= 11 is 6.17. The number of hydrogen-bond donors (Lipinski definition) is 1. The van der Waals surface area contributed by atoms with E-state index >= 15 is 4.39 Å². The second-order valence-corrected chi connectivity index (χ2v) is 11.9. The van der Waals surface area contributed by atoms with Crippen molar-refractivity contribution in [1.29, 1.82) is 5.26 Å². The SMILES string of the molecule is [2H]C([2H])([2H])N(C(=O)OC(C)(C)C)c1nc(-c2cnn(C)c2-c2c(F)cc3c(c2C#N)CN(C2CC2)C3=O)cc2c(CCl)n[nH]c(=O)c12. The van der Waals surface area contributed by atoms with E-state index in [1.165, 1.54) is 24.0 Å². The van der Waals surface area contributed by atoms with Crippen molar-refractivity contribution in [1.82, 2.24) is 29.9 Å². The highest BCUT2D eigenvalue weighted by Gasteiger charge is 2.41. The minimum absolute atomic E-state index is 0.0355. The van der Waals surface area contributed by atoms with Gasteiger partial charge in [-0.1, -0.05) is 0 Å². The third-order valence-corrected chi connectivity index (χ3v) is 7.76. The molecule has 1 aliphatic heterocycles. The number of aryl methyl sites for hydroxylation is 1. The van der Waals surface area contributed by atoms with Crippen LogP contribution in [0.15, 0.2) is 23.1 Å². The Kier molecular flexibility index (Phi) is 6.07. The Bertz CT molecular complexity index is 2100. The van der Waals surface area contributed by atoms with E-state index in [-0.39, 0.29) is 74.5 Å². The first kappa shape index (κ1) is 25.6. The zero-order chi connectivity index (χ0) is 34.2. The van der Waals surface area contributed by atoms with Crippen LogP contribution in [-0.4, -0.2) is 60.5 Å². The number of ether oxygens (including phenoxy) is 1. The number of nitrogens with zero attached hydrogens (tertiary/aromatic N) is 7. The number of H-pyrrole nitrogens is 1. The molecule has 1 N–H and O–H groups in total. The second kappa shape index (κ2) is 10.4. The van der Waals surface area contributed by atoms with Crippen LogP contribution in [0.3, 0.4) is 0 Å². The van der Waals surface area contributed by atoms with Gasteiger partial charge in [-0.2, -0.15) is 15.5 Å². The minimum atomic E-state index is -3.18. The van der Waals surface area contributed by atoms with E-state index in [0.29, 0.717) is 10.5 Å². The number of carbonyl (C=O) groups is 2. The molecule has 0 unspecified atom stereocenters. The summed E-state index contributed by atoms with van der Waals surface area (Å²) in [4.78, 5) is 46.1. The normalized spacial score (nSPS) is 15.9. The predicted octanol–water partition coefficient (Wildman–Crippen LogP) is 4.62. The van der Waals surface area contributed by atoms with Crippen LogP contribution in [0.4, 0.5) is 15.0 Å². The van der Waals surface area contributed by atoms with Crippen molar-refractivity contribution in [2.24, 2.45) is 7.05 Å². The van der Waals surface area contributed by atoms with Gasteiger partial charge in [-0.05, 0) is 45.7 Å². The van der Waals surface area contributed by atoms with Gasteiger partial charge in [0.05, 0.1) is 45.7 Å². The summed E-state index contributed by atoms with van der Waals surface area (Å²) in [6.45, 7) is 1.60. The molecule has 0 bridgehead atoms. The van der Waals surface area contributed by atoms with Gasteiger partial charge in [0.15, 0.2) is 5.82 Å². The van der Waals surface area contributed by atoms with Crippen molar-refractivity contribution in [2.45, 2.75) is 57.7 Å². The van der Waals surface area contributed by atoms with Gasteiger partial charge in [0.1, 0.15) is 17.5 Å². The van der Waals surface area contributed by atoms with Crippen LogP contribution in [0.5, 0.6) is 0 Å². The summed E-state index contributed by atoms with van der Waals surface area (Å²) in [6, 6.07) is 4.63. The number of nitriles is 1. The van der Waals surface area contributed by atoms with Crippen LogP contribution in [0.2, 0.25) is 0 Å². The number of amides is 2. The van der Waals surface area contributed by atoms with E-state index in [9.17, 15) is 19.6 Å². The van der Waals surface area contributed by atoms with Crippen molar-refractivity contribution in [3.8, 4) is 28.6 Å². The van der Waals surface area contributed by atoms with Crippen molar-refractivity contribution >= 4 is 40.2 Å². The Morgan fingerprint density at radius 3 is 2.70 bits per heavy atom. The highest BCUT2D eigenvalue weighted by Crippen LogP contribution is 2.42. The smallest absolute Gasteiger partial charge is 0.415 e. The van der Waals surface area contributed by atoms with Crippen molar-refractivity contribution in [3.05, 3.63) is 56.9 Å². The van der Waals surface area contributed by atoms with Gasteiger partial charge < -0.3 is 9.64 Å². The first-order chi connectivity index (χ1) is 22.1. The summed E-state index contributed by atoms with van der Waals surface area (Å²) in [5.41, 5.74) is -1.35. The highest BCUT2D eigenvalue weighted by molar-refractivity contribution is 6.18. The molecular formula is C30H28ClFN8O4. The average molecular weight is 622 g/mol. The molecule has 0 saturated heterocycles. The Morgan fingerprint density at radius 1 is 1.32 bits per heavy atom. The Hall–Kier alpha value is -4.83. The van der Waals surface area contributed by atoms with E-state index in [1.807, 2.05) is 0 Å². The number of nitrogens with one attached hydrogen (secondary N) is 1. The number of carbonyl (C=O) groups excluding carboxylic acids is 2. The molecule has 3 aromatic heterocycles. The fourth-order valence-corrected chi connectivity index (χ4v) is 5.62. The molecule has 1 aliphatic carbocycles. The molecule has 0 spiro atoms. The summed E-state index contributed by atoms with van der Waals surface area (Å²) < 4.78 is 47.5. The first-order valence-electron chi connectivity index (χ1n) is 15.2. The van der Waals surface area contributed by atoms with Crippen LogP contribution >= 0.6 is 11.6 Å². The largest absolute Gasteiger partial charge is 0.443 e. The number of aromatic amines is 1. The van der Waals surface area contributed by atoms with Gasteiger partial charge in [0.25, 0.3) is 11.5 Å². The van der Waals surface area contributed by atoms with Crippen LogP contribution in [0.25, 0.3) is 33.3 Å². The molecule has 4 heterocycles. The van der Waals surface area contributed by atoms with Crippen molar-refractivity contribution in [2.75, 3.05) is 11.9 Å². The molecule has 2 aliphatic rings. The lowest BCUT2D eigenvalue weighted by atomic mass is 9.93. The van der Waals surface area contributed by atoms with Gasteiger partial charge in [0, 0.05) is 52.8 Å². The molecule has 1 saturated carbocycles. The Labute approximate surface area is 260 Å². The number of aromatic nitrogens is 5. The summed E-state index contributed by atoms with van der Waals surface area (Å²) in [5, 5.41) is 20.6. The molecule has 12 nitrogen and oxygen atoms in total. The number of rotatable bonds is 5. The molecule has 4 aromatic rings. The van der Waals surface area contributed by atoms with Crippen LogP contribution in [0, 0.1) is 17.1 Å². The molecule has 0 atom stereocenters. The third-order valence-electron chi connectivity index (χ3n) is 7.50. The van der Waals surface area contributed by atoms with Crippen LogP contribution in [-0.2, 0) is 24.2 Å². The van der Waals surface area contributed by atoms with Crippen LogP contribution < -0.4 is 10.5 Å². The lowest BCUT2D eigenvalue weighted by Gasteiger charge is -2.25. The van der Waals surface area contributed by atoms with Gasteiger partial charge >= 0.3 is 6.09 Å². The van der Waals surface area contributed by atoms with Gasteiger partial charge in [0.2, 0.25) is 0 Å². The molecular weight excluding hydrogens is 591 g/mol. The zero-order valence-corrected chi connectivity index (χ0v) is 24.9. The molecule has 1 fully saturated rings. The van der Waals surface area contributed by atoms with Crippen LogP contribution in [0.1, 0.15) is 64.9 Å². The third kappa shape index (κ3) is 4.75. The lowest BCUT2D eigenvalue weighted by molar-refractivity contribution is 0.0588. The van der Waals surface area contributed by atoms with Crippen molar-refractivity contribution in [3.63, 3.8) is 0 Å². The number of alkyl halides is 1. The maximum Gasteiger partial charge on any atom is 0.415 e. The molecule has 2 amide bonds. The lowest BCUT2D eigenvalue weighted by Crippen LogP contribution is -2.35. The fourth-order valence-electron chi connectivity index (χ4n) is 5.41.